The fourth-order valence-electron chi connectivity index (χ4n) is 2.60. The molecular formula is C20H24O. The van der Waals surface area contributed by atoms with Gasteiger partial charge >= 0.3 is 0 Å². The van der Waals surface area contributed by atoms with Gasteiger partial charge in [-0.1, -0.05) is 74.4 Å². The molecule has 0 N–H and O–H groups in total. The minimum atomic E-state index is 0.298. The third-order valence-corrected chi connectivity index (χ3v) is 3.85. The number of benzene rings is 2. The number of rotatable bonds is 8. The summed E-state index contributed by atoms with van der Waals surface area (Å²) in [4.78, 5) is 12.4. The number of ketones is 1. The quantitative estimate of drug-likeness (QED) is 0.477. The maximum atomic E-state index is 12.4. The molecule has 0 atom stereocenters. The maximum Gasteiger partial charge on any atom is 0.163 e. The van der Waals surface area contributed by atoms with Crippen molar-refractivity contribution in [3.63, 3.8) is 0 Å². The Balaban J connectivity index is 2.01. The Hall–Kier alpha value is -1.89. The fourth-order valence-corrected chi connectivity index (χ4v) is 2.60. The van der Waals surface area contributed by atoms with E-state index in [9.17, 15) is 4.79 Å². The van der Waals surface area contributed by atoms with Gasteiger partial charge in [0.15, 0.2) is 5.78 Å². The van der Waals surface area contributed by atoms with Crippen LogP contribution in [0, 0.1) is 0 Å². The van der Waals surface area contributed by atoms with E-state index in [1.165, 1.54) is 11.1 Å². The molecule has 110 valence electrons. The highest BCUT2D eigenvalue weighted by Gasteiger charge is 2.10. The molecule has 0 fully saturated rings. The van der Waals surface area contributed by atoms with Crippen LogP contribution in [0.5, 0.6) is 0 Å². The molecule has 0 aromatic heterocycles. The predicted molar refractivity (Wildman–Crippen MR) is 88.8 cm³/mol. The summed E-state index contributed by atoms with van der Waals surface area (Å²) in [7, 11) is 0. The Kier molecular flexibility index (Phi) is 6.21. The second-order valence-corrected chi connectivity index (χ2v) is 5.52. The first-order chi connectivity index (χ1) is 10.3. The average Bonchev–Trinajstić information content (AvgIpc) is 2.54. The molecule has 21 heavy (non-hydrogen) atoms. The van der Waals surface area contributed by atoms with E-state index in [1.54, 1.807) is 0 Å². The smallest absolute Gasteiger partial charge is 0.163 e. The van der Waals surface area contributed by atoms with Crippen LogP contribution >= 0.6 is 0 Å². The van der Waals surface area contributed by atoms with Crippen LogP contribution in [0.3, 0.4) is 0 Å². The summed E-state index contributed by atoms with van der Waals surface area (Å²) in [5, 5.41) is 0. The summed E-state index contributed by atoms with van der Waals surface area (Å²) in [6, 6.07) is 18.5. The molecule has 0 aliphatic carbocycles. The number of aryl methyl sites for hydroxylation is 2. The normalized spacial score (nSPS) is 10.5. The van der Waals surface area contributed by atoms with Gasteiger partial charge in [-0.25, -0.2) is 0 Å². The molecule has 0 saturated heterocycles. The zero-order valence-corrected chi connectivity index (χ0v) is 12.8. The van der Waals surface area contributed by atoms with Gasteiger partial charge in [-0.05, 0) is 30.4 Å². The molecule has 2 aromatic carbocycles. The molecule has 0 aliphatic rings. The number of carbonyl (C=O) groups is 1. The van der Waals surface area contributed by atoms with Crippen LogP contribution in [0.2, 0.25) is 0 Å². The number of Topliss-reactive ketones (excluding diaryl/α,β-unsaturated/α-hetero) is 1. The van der Waals surface area contributed by atoms with Crippen molar-refractivity contribution in [2.45, 2.75) is 45.4 Å². The van der Waals surface area contributed by atoms with Crippen molar-refractivity contribution in [2.24, 2.45) is 0 Å². The Morgan fingerprint density at radius 3 is 2.33 bits per heavy atom. The highest BCUT2D eigenvalue weighted by atomic mass is 16.1. The van der Waals surface area contributed by atoms with Gasteiger partial charge in [-0.2, -0.15) is 0 Å². The first-order valence-electron chi connectivity index (χ1n) is 7.96. The lowest BCUT2D eigenvalue weighted by molar-refractivity contribution is 0.0978. The zero-order valence-electron chi connectivity index (χ0n) is 12.8. The second kappa shape index (κ2) is 8.41. The predicted octanol–water partition coefficient (Wildman–Crippen LogP) is 5.23. The number of carbonyl (C=O) groups excluding carboxylic acids is 1. The van der Waals surface area contributed by atoms with Crippen molar-refractivity contribution in [3.05, 3.63) is 71.3 Å². The van der Waals surface area contributed by atoms with Crippen LogP contribution in [0.25, 0.3) is 0 Å². The monoisotopic (exact) mass is 280 g/mol. The first-order valence-corrected chi connectivity index (χ1v) is 7.96. The van der Waals surface area contributed by atoms with Crippen LogP contribution in [0.15, 0.2) is 54.6 Å². The average molecular weight is 280 g/mol. The lowest BCUT2D eigenvalue weighted by Crippen LogP contribution is -2.05. The van der Waals surface area contributed by atoms with Crippen LogP contribution in [0.1, 0.15) is 54.1 Å². The van der Waals surface area contributed by atoms with Crippen LogP contribution in [-0.4, -0.2) is 5.78 Å². The van der Waals surface area contributed by atoms with Crippen molar-refractivity contribution in [2.75, 3.05) is 0 Å². The largest absolute Gasteiger partial charge is 0.294 e. The van der Waals surface area contributed by atoms with Crippen LogP contribution in [-0.2, 0) is 12.8 Å². The van der Waals surface area contributed by atoms with Gasteiger partial charge in [-0.3, -0.25) is 4.79 Å². The van der Waals surface area contributed by atoms with Crippen LogP contribution < -0.4 is 0 Å². The molecule has 0 spiro atoms. The summed E-state index contributed by atoms with van der Waals surface area (Å²) in [6.45, 7) is 2.16. The van der Waals surface area contributed by atoms with Gasteiger partial charge in [-0.15, -0.1) is 0 Å². The molecule has 0 heterocycles. The first kappa shape index (κ1) is 15.5. The minimum absolute atomic E-state index is 0.298. The molecule has 0 saturated carbocycles. The van der Waals surface area contributed by atoms with Gasteiger partial charge in [0.1, 0.15) is 0 Å². The highest BCUT2D eigenvalue weighted by molar-refractivity contribution is 5.97. The molecule has 1 nitrogen and oxygen atoms in total. The lowest BCUT2D eigenvalue weighted by atomic mass is 9.95. The standard InChI is InChI=1S/C20H24O/c1-2-3-5-14-20(21)19-13-9-8-12-18(19)16-15-17-10-6-4-7-11-17/h4,6-13H,2-3,5,14-16H2,1H3. The van der Waals surface area contributed by atoms with Gasteiger partial charge in [0, 0.05) is 12.0 Å². The molecule has 2 rings (SSSR count). The fraction of sp³-hybridized carbons (Fsp3) is 0.350. The van der Waals surface area contributed by atoms with E-state index in [-0.39, 0.29) is 0 Å². The molecule has 0 bridgehead atoms. The molecule has 2 aromatic rings. The van der Waals surface area contributed by atoms with E-state index in [0.717, 1.165) is 37.7 Å². The molecule has 0 radical (unpaired) electrons. The maximum absolute atomic E-state index is 12.4. The van der Waals surface area contributed by atoms with Gasteiger partial charge in [0.25, 0.3) is 0 Å². The van der Waals surface area contributed by atoms with Crippen molar-refractivity contribution >= 4 is 5.78 Å². The second-order valence-electron chi connectivity index (χ2n) is 5.52. The van der Waals surface area contributed by atoms with E-state index in [4.69, 9.17) is 0 Å². The van der Waals surface area contributed by atoms with Crippen molar-refractivity contribution in [1.29, 1.82) is 0 Å². The Labute approximate surface area is 128 Å². The number of hydrogen-bond donors (Lipinski definition) is 0. The summed E-state index contributed by atoms with van der Waals surface area (Å²) in [5.74, 6) is 0.298. The van der Waals surface area contributed by atoms with E-state index >= 15 is 0 Å². The summed E-state index contributed by atoms with van der Waals surface area (Å²) in [5.41, 5.74) is 3.43. The summed E-state index contributed by atoms with van der Waals surface area (Å²) in [6.07, 6.45) is 5.89. The van der Waals surface area contributed by atoms with E-state index < -0.39 is 0 Å². The topological polar surface area (TPSA) is 17.1 Å². The Bertz CT molecular complexity index is 557. The van der Waals surface area contributed by atoms with E-state index in [0.29, 0.717) is 12.2 Å². The van der Waals surface area contributed by atoms with Gasteiger partial charge < -0.3 is 0 Å². The summed E-state index contributed by atoms with van der Waals surface area (Å²) < 4.78 is 0. The third-order valence-electron chi connectivity index (χ3n) is 3.85. The van der Waals surface area contributed by atoms with Crippen molar-refractivity contribution in [3.8, 4) is 0 Å². The SMILES string of the molecule is CCCCCC(=O)c1ccccc1CCc1ccccc1. The van der Waals surface area contributed by atoms with Crippen LogP contribution in [0.4, 0.5) is 0 Å². The molecular weight excluding hydrogens is 256 g/mol. The number of unbranched alkanes of at least 4 members (excludes halogenated alkanes) is 2. The molecule has 0 aliphatic heterocycles. The minimum Gasteiger partial charge on any atom is -0.294 e. The molecule has 0 amide bonds. The lowest BCUT2D eigenvalue weighted by Gasteiger charge is -2.09. The van der Waals surface area contributed by atoms with Crippen molar-refractivity contribution < 1.29 is 4.79 Å². The molecule has 0 unspecified atom stereocenters. The molecule has 1 heteroatoms. The Morgan fingerprint density at radius 1 is 0.857 bits per heavy atom. The van der Waals surface area contributed by atoms with Gasteiger partial charge in [0.2, 0.25) is 0 Å². The Morgan fingerprint density at radius 2 is 1.57 bits per heavy atom. The zero-order chi connectivity index (χ0) is 14.9. The highest BCUT2D eigenvalue weighted by Crippen LogP contribution is 2.16. The van der Waals surface area contributed by atoms with Crippen molar-refractivity contribution in [1.82, 2.24) is 0 Å². The third kappa shape index (κ3) is 4.86. The van der Waals surface area contributed by atoms with E-state index in [2.05, 4.69) is 37.3 Å². The number of hydrogen-bond acceptors (Lipinski definition) is 1. The summed E-state index contributed by atoms with van der Waals surface area (Å²) >= 11 is 0. The van der Waals surface area contributed by atoms with E-state index in [1.807, 2.05) is 24.3 Å². The van der Waals surface area contributed by atoms with Gasteiger partial charge in [0.05, 0.1) is 0 Å².